The Morgan fingerprint density at radius 2 is 2.20 bits per heavy atom. The van der Waals surface area contributed by atoms with Crippen molar-refractivity contribution in [3.05, 3.63) is 39.4 Å². The van der Waals surface area contributed by atoms with Gasteiger partial charge in [-0.2, -0.15) is 5.26 Å². The highest BCUT2D eigenvalue weighted by Gasteiger charge is 2.12. The monoisotopic (exact) mass is 286 g/mol. The van der Waals surface area contributed by atoms with Crippen LogP contribution in [0.5, 0.6) is 0 Å². The van der Waals surface area contributed by atoms with Gasteiger partial charge in [-0.25, -0.2) is 15.0 Å². The predicted molar refractivity (Wildman–Crippen MR) is 75.6 cm³/mol. The van der Waals surface area contributed by atoms with E-state index in [1.807, 2.05) is 19.9 Å². The summed E-state index contributed by atoms with van der Waals surface area (Å²) < 4.78 is 0. The summed E-state index contributed by atoms with van der Waals surface area (Å²) in [7, 11) is 0. The van der Waals surface area contributed by atoms with E-state index in [4.69, 9.17) is 5.26 Å². The van der Waals surface area contributed by atoms with Gasteiger partial charge in [0.15, 0.2) is 11.5 Å². The molecule has 2 rings (SSSR count). The van der Waals surface area contributed by atoms with Crippen molar-refractivity contribution in [2.24, 2.45) is 0 Å². The summed E-state index contributed by atoms with van der Waals surface area (Å²) in [6, 6.07) is 1.98. The van der Waals surface area contributed by atoms with E-state index < -0.39 is 0 Å². The number of thiazole rings is 1. The summed E-state index contributed by atoms with van der Waals surface area (Å²) in [5, 5.41) is 9.89. The molecule has 0 aromatic carbocycles. The van der Waals surface area contributed by atoms with Crippen molar-refractivity contribution in [3.63, 3.8) is 0 Å². The summed E-state index contributed by atoms with van der Waals surface area (Å²) >= 11 is 1.60. The maximum atomic E-state index is 12.1. The zero-order valence-electron chi connectivity index (χ0n) is 11.4. The molecule has 2 aromatic heterocycles. The molecule has 0 bridgehead atoms. The molecule has 0 radical (unpaired) electrons. The molecule has 2 heterocycles. The van der Waals surface area contributed by atoms with Gasteiger partial charge in [-0.05, 0) is 19.8 Å². The molecule has 5 nitrogen and oxygen atoms in total. The van der Waals surface area contributed by atoms with Gasteiger partial charge >= 0.3 is 0 Å². The largest absolute Gasteiger partial charge is 0.292 e. The number of aryl methyl sites for hydroxylation is 3. The second-order valence-electron chi connectivity index (χ2n) is 4.28. The van der Waals surface area contributed by atoms with Gasteiger partial charge in [0.05, 0.1) is 16.9 Å². The van der Waals surface area contributed by atoms with Crippen LogP contribution in [0.2, 0.25) is 0 Å². The van der Waals surface area contributed by atoms with Gasteiger partial charge in [-0.3, -0.25) is 4.79 Å². The lowest BCUT2D eigenvalue weighted by atomic mass is 10.1. The minimum absolute atomic E-state index is 0.0530. The third kappa shape index (κ3) is 3.25. The Labute approximate surface area is 121 Å². The van der Waals surface area contributed by atoms with Crippen LogP contribution in [0.25, 0.3) is 0 Å². The van der Waals surface area contributed by atoms with Gasteiger partial charge in [-0.1, -0.05) is 6.92 Å². The maximum Gasteiger partial charge on any atom is 0.183 e. The van der Waals surface area contributed by atoms with Crippen molar-refractivity contribution in [1.29, 1.82) is 5.26 Å². The van der Waals surface area contributed by atoms with E-state index >= 15 is 0 Å². The molecule has 0 fully saturated rings. The summed E-state index contributed by atoms with van der Waals surface area (Å²) in [5.74, 6) is -0.0530. The van der Waals surface area contributed by atoms with E-state index in [0.29, 0.717) is 36.3 Å². The second-order valence-corrected chi connectivity index (χ2v) is 5.60. The van der Waals surface area contributed by atoms with Gasteiger partial charge in [0.25, 0.3) is 0 Å². The number of ketones is 1. The van der Waals surface area contributed by atoms with Crippen LogP contribution in [0.3, 0.4) is 0 Å². The normalized spacial score (nSPS) is 10.2. The van der Waals surface area contributed by atoms with Crippen molar-refractivity contribution < 1.29 is 4.79 Å². The summed E-state index contributed by atoms with van der Waals surface area (Å²) in [6.07, 6.45) is 4.82. The van der Waals surface area contributed by atoms with Crippen LogP contribution < -0.4 is 0 Å². The molecule has 2 aromatic rings. The van der Waals surface area contributed by atoms with Crippen molar-refractivity contribution in [1.82, 2.24) is 15.0 Å². The molecule has 0 unspecified atom stereocenters. The van der Waals surface area contributed by atoms with E-state index in [1.165, 1.54) is 6.20 Å². The third-order valence-corrected chi connectivity index (χ3v) is 3.81. The first-order chi connectivity index (χ1) is 9.63. The lowest BCUT2D eigenvalue weighted by molar-refractivity contribution is 0.0977. The molecule has 0 aliphatic carbocycles. The fraction of sp³-hybridized carbons (Fsp3) is 0.357. The Hall–Kier alpha value is -2.13. The van der Waals surface area contributed by atoms with E-state index in [2.05, 4.69) is 15.0 Å². The molecule has 20 heavy (non-hydrogen) atoms. The molecule has 0 N–H and O–H groups in total. The van der Waals surface area contributed by atoms with Gasteiger partial charge in [0.2, 0.25) is 0 Å². The number of hydrogen-bond acceptors (Lipinski definition) is 6. The van der Waals surface area contributed by atoms with Gasteiger partial charge < -0.3 is 0 Å². The lowest BCUT2D eigenvalue weighted by Gasteiger charge is -2.03. The Morgan fingerprint density at radius 3 is 2.80 bits per heavy atom. The Balaban J connectivity index is 2.07. The highest BCUT2D eigenvalue weighted by Crippen LogP contribution is 2.15. The Kier molecular flexibility index (Phi) is 4.53. The number of aromatic nitrogens is 3. The third-order valence-electron chi connectivity index (χ3n) is 2.84. The van der Waals surface area contributed by atoms with Crippen molar-refractivity contribution >= 4 is 17.1 Å². The van der Waals surface area contributed by atoms with Crippen LogP contribution in [0.15, 0.2) is 12.4 Å². The lowest BCUT2D eigenvalue weighted by Crippen LogP contribution is -2.08. The molecule has 0 saturated heterocycles. The van der Waals surface area contributed by atoms with Gasteiger partial charge in [0, 0.05) is 17.5 Å². The molecule has 102 valence electrons. The van der Waals surface area contributed by atoms with Crippen molar-refractivity contribution in [2.45, 2.75) is 33.1 Å². The highest BCUT2D eigenvalue weighted by atomic mass is 32.1. The van der Waals surface area contributed by atoms with Crippen LogP contribution in [0.4, 0.5) is 0 Å². The van der Waals surface area contributed by atoms with E-state index in [9.17, 15) is 4.79 Å². The van der Waals surface area contributed by atoms with Gasteiger partial charge in [-0.15, -0.1) is 11.3 Å². The first-order valence-corrected chi connectivity index (χ1v) is 7.16. The first-order valence-electron chi connectivity index (χ1n) is 6.34. The number of rotatable bonds is 5. The molecule has 0 atom stereocenters. The summed E-state index contributed by atoms with van der Waals surface area (Å²) in [4.78, 5) is 25.6. The highest BCUT2D eigenvalue weighted by molar-refractivity contribution is 7.11. The number of nitrogens with zero attached hydrogens (tertiary/aromatic N) is 4. The molecular weight excluding hydrogens is 272 g/mol. The smallest absolute Gasteiger partial charge is 0.183 e. The van der Waals surface area contributed by atoms with Crippen LogP contribution in [-0.2, 0) is 12.8 Å². The minimum atomic E-state index is -0.0530. The fourth-order valence-corrected chi connectivity index (χ4v) is 2.58. The number of carbonyl (C=O) groups is 1. The van der Waals surface area contributed by atoms with Crippen molar-refractivity contribution in [2.75, 3.05) is 0 Å². The van der Waals surface area contributed by atoms with Crippen LogP contribution in [0, 0.1) is 18.3 Å². The van der Waals surface area contributed by atoms with Crippen LogP contribution in [-0.4, -0.2) is 20.7 Å². The average molecular weight is 286 g/mol. The standard InChI is InChI=1S/C14H14N4OS/c1-3-11-12(6-15)17-8-13(18-11)14(19)5-4-10-7-16-9(2)20-10/h7-8H,3-5H2,1-2H3. The number of Topliss-reactive ketones (excluding diaryl/α,β-unsaturated/α-hetero) is 1. The molecule has 6 heteroatoms. The molecule has 0 amide bonds. The quantitative estimate of drug-likeness (QED) is 0.789. The summed E-state index contributed by atoms with van der Waals surface area (Å²) in [5.41, 5.74) is 1.20. The molecule has 0 aliphatic heterocycles. The predicted octanol–water partition coefficient (Wildman–Crippen LogP) is 2.49. The number of carbonyl (C=O) groups excluding carboxylic acids is 1. The fourth-order valence-electron chi connectivity index (χ4n) is 1.79. The molecule has 0 saturated carbocycles. The summed E-state index contributed by atoms with van der Waals surface area (Å²) in [6.45, 7) is 3.83. The first kappa shape index (κ1) is 14.3. The average Bonchev–Trinajstić information content (AvgIpc) is 2.89. The van der Waals surface area contributed by atoms with E-state index in [0.717, 1.165) is 9.88 Å². The minimum Gasteiger partial charge on any atom is -0.292 e. The van der Waals surface area contributed by atoms with E-state index in [-0.39, 0.29) is 5.78 Å². The van der Waals surface area contributed by atoms with Crippen LogP contribution >= 0.6 is 11.3 Å². The molecule has 0 aliphatic rings. The Morgan fingerprint density at radius 1 is 1.40 bits per heavy atom. The number of nitriles is 1. The zero-order valence-corrected chi connectivity index (χ0v) is 12.2. The zero-order chi connectivity index (χ0) is 14.5. The Bertz CT molecular complexity index is 672. The maximum absolute atomic E-state index is 12.1. The van der Waals surface area contributed by atoms with E-state index in [1.54, 1.807) is 17.5 Å². The molecular formula is C14H14N4OS. The molecule has 0 spiro atoms. The topological polar surface area (TPSA) is 79.5 Å². The van der Waals surface area contributed by atoms with Crippen LogP contribution in [0.1, 0.15) is 45.1 Å². The second kappa shape index (κ2) is 6.35. The van der Waals surface area contributed by atoms with Crippen molar-refractivity contribution in [3.8, 4) is 6.07 Å². The van der Waals surface area contributed by atoms with Gasteiger partial charge in [0.1, 0.15) is 11.8 Å². The number of hydrogen-bond donors (Lipinski definition) is 0. The SMILES string of the molecule is CCc1nc(C(=O)CCc2cnc(C)s2)cnc1C#N.